The number of halogens is 1. The number of piperazine rings is 1. The van der Waals surface area contributed by atoms with Crippen molar-refractivity contribution in [2.24, 2.45) is 11.8 Å². The SMILES string of the molecule is CCC(C)NC(=O)C1CC(C)N(CCC(=O)N2CCNCC2)C2CCCCC12.Cl. The van der Waals surface area contributed by atoms with E-state index in [0.717, 1.165) is 52.0 Å². The largest absolute Gasteiger partial charge is 0.353 e. The molecule has 0 spiro atoms. The van der Waals surface area contributed by atoms with Gasteiger partial charge in [0.2, 0.25) is 11.8 Å². The molecule has 3 aliphatic rings. The summed E-state index contributed by atoms with van der Waals surface area (Å²) >= 11 is 0. The number of nitrogens with one attached hydrogen (secondary N) is 2. The van der Waals surface area contributed by atoms with Crippen molar-refractivity contribution in [3.05, 3.63) is 0 Å². The van der Waals surface area contributed by atoms with Gasteiger partial charge >= 0.3 is 0 Å². The molecule has 5 unspecified atom stereocenters. The number of amides is 2. The van der Waals surface area contributed by atoms with E-state index in [0.29, 0.717) is 24.4 Å². The number of carbonyl (C=O) groups excluding carboxylic acids is 2. The summed E-state index contributed by atoms with van der Waals surface area (Å²) in [7, 11) is 0. The van der Waals surface area contributed by atoms with Gasteiger partial charge in [0.25, 0.3) is 0 Å². The summed E-state index contributed by atoms with van der Waals surface area (Å²) in [4.78, 5) is 30.2. The maximum absolute atomic E-state index is 13.0. The molecule has 0 bridgehead atoms. The Kier molecular flexibility index (Phi) is 9.70. The van der Waals surface area contributed by atoms with E-state index in [1.165, 1.54) is 19.3 Å². The lowest BCUT2D eigenvalue weighted by atomic mass is 9.69. The molecule has 2 saturated heterocycles. The number of hydrogen-bond acceptors (Lipinski definition) is 4. The van der Waals surface area contributed by atoms with Crippen LogP contribution in [0.25, 0.3) is 0 Å². The van der Waals surface area contributed by atoms with Gasteiger partial charge in [0, 0.05) is 63.2 Å². The lowest BCUT2D eigenvalue weighted by Crippen LogP contribution is -2.58. The van der Waals surface area contributed by atoms with E-state index in [1.54, 1.807) is 0 Å². The van der Waals surface area contributed by atoms with Crippen LogP contribution in [0.5, 0.6) is 0 Å². The first-order valence-corrected chi connectivity index (χ1v) is 11.6. The maximum Gasteiger partial charge on any atom is 0.223 e. The van der Waals surface area contributed by atoms with E-state index in [4.69, 9.17) is 0 Å². The fraction of sp³-hybridized carbons (Fsp3) is 0.909. The van der Waals surface area contributed by atoms with E-state index < -0.39 is 0 Å². The van der Waals surface area contributed by atoms with Gasteiger partial charge in [-0.15, -0.1) is 12.4 Å². The normalized spacial score (nSPS) is 31.3. The molecule has 0 radical (unpaired) electrons. The molecule has 29 heavy (non-hydrogen) atoms. The molecule has 3 rings (SSSR count). The zero-order valence-corrected chi connectivity index (χ0v) is 19.3. The van der Waals surface area contributed by atoms with E-state index in [9.17, 15) is 9.59 Å². The maximum atomic E-state index is 13.0. The Bertz CT molecular complexity index is 541. The molecular weight excluding hydrogens is 388 g/mol. The predicted molar refractivity (Wildman–Crippen MR) is 119 cm³/mol. The number of hydrogen-bond donors (Lipinski definition) is 2. The molecule has 1 saturated carbocycles. The van der Waals surface area contributed by atoms with Crippen LogP contribution in [0.15, 0.2) is 0 Å². The topological polar surface area (TPSA) is 64.7 Å². The van der Waals surface area contributed by atoms with E-state index >= 15 is 0 Å². The highest BCUT2D eigenvalue weighted by atomic mass is 35.5. The monoisotopic (exact) mass is 428 g/mol. The number of piperidine rings is 1. The lowest BCUT2D eigenvalue weighted by Gasteiger charge is -2.51. The van der Waals surface area contributed by atoms with Crippen molar-refractivity contribution in [1.82, 2.24) is 20.4 Å². The molecule has 2 heterocycles. The minimum Gasteiger partial charge on any atom is -0.353 e. The van der Waals surface area contributed by atoms with Crippen LogP contribution in [0.1, 0.15) is 65.7 Å². The van der Waals surface area contributed by atoms with Gasteiger partial charge in [-0.25, -0.2) is 0 Å². The molecule has 1 aliphatic carbocycles. The summed E-state index contributed by atoms with van der Waals surface area (Å²) in [6, 6.07) is 1.07. The van der Waals surface area contributed by atoms with Gasteiger partial charge < -0.3 is 15.5 Å². The predicted octanol–water partition coefficient (Wildman–Crippen LogP) is 2.41. The van der Waals surface area contributed by atoms with Crippen molar-refractivity contribution in [3.8, 4) is 0 Å². The second kappa shape index (κ2) is 11.5. The van der Waals surface area contributed by atoms with Crippen molar-refractivity contribution >= 4 is 24.2 Å². The molecule has 2 aliphatic heterocycles. The van der Waals surface area contributed by atoms with E-state index in [1.807, 2.05) is 4.90 Å². The average molecular weight is 429 g/mol. The third-order valence-electron chi connectivity index (χ3n) is 7.28. The van der Waals surface area contributed by atoms with Crippen molar-refractivity contribution in [2.75, 3.05) is 32.7 Å². The summed E-state index contributed by atoms with van der Waals surface area (Å²) in [5, 5.41) is 6.55. The highest BCUT2D eigenvalue weighted by molar-refractivity contribution is 5.85. The van der Waals surface area contributed by atoms with Crippen molar-refractivity contribution in [3.63, 3.8) is 0 Å². The minimum absolute atomic E-state index is 0. The number of nitrogens with zero attached hydrogens (tertiary/aromatic N) is 2. The van der Waals surface area contributed by atoms with Gasteiger partial charge in [-0.3, -0.25) is 14.5 Å². The second-order valence-electron chi connectivity index (χ2n) is 9.14. The second-order valence-corrected chi connectivity index (χ2v) is 9.14. The van der Waals surface area contributed by atoms with Crippen LogP contribution in [0.4, 0.5) is 0 Å². The standard InChI is InChI=1S/C22H40N4O2.ClH/c1-4-16(2)24-22(28)19-15-17(3)26(20-8-6-5-7-18(19)20)12-9-21(27)25-13-10-23-11-14-25;/h16-20,23H,4-15H2,1-3H3,(H,24,28);1H. The molecule has 7 heteroatoms. The first-order valence-electron chi connectivity index (χ1n) is 11.6. The summed E-state index contributed by atoms with van der Waals surface area (Å²) in [6.45, 7) is 10.8. The molecule has 2 amide bonds. The molecule has 0 aromatic heterocycles. The van der Waals surface area contributed by atoms with Crippen LogP contribution in [0, 0.1) is 11.8 Å². The molecular formula is C22H41ClN4O2. The highest BCUT2D eigenvalue weighted by Crippen LogP contribution is 2.41. The van der Waals surface area contributed by atoms with Crippen molar-refractivity contribution in [2.45, 2.75) is 83.8 Å². The van der Waals surface area contributed by atoms with Crippen molar-refractivity contribution in [1.29, 1.82) is 0 Å². The molecule has 168 valence electrons. The zero-order chi connectivity index (χ0) is 20.1. The highest BCUT2D eigenvalue weighted by Gasteiger charge is 2.45. The molecule has 2 N–H and O–H groups in total. The molecule has 3 fully saturated rings. The molecule has 5 atom stereocenters. The van der Waals surface area contributed by atoms with Gasteiger partial charge in [-0.1, -0.05) is 19.8 Å². The fourth-order valence-corrected chi connectivity index (χ4v) is 5.46. The first-order chi connectivity index (χ1) is 13.5. The summed E-state index contributed by atoms with van der Waals surface area (Å²) in [5.41, 5.74) is 0. The first kappa shape index (κ1) is 24.4. The van der Waals surface area contributed by atoms with E-state index in [-0.39, 0.29) is 36.2 Å². The van der Waals surface area contributed by atoms with Crippen LogP contribution in [0.3, 0.4) is 0 Å². The number of rotatable bonds is 6. The van der Waals surface area contributed by atoms with Gasteiger partial charge in [-0.05, 0) is 45.4 Å². The Morgan fingerprint density at radius 3 is 2.55 bits per heavy atom. The van der Waals surface area contributed by atoms with Crippen LogP contribution in [-0.2, 0) is 9.59 Å². The smallest absolute Gasteiger partial charge is 0.223 e. The zero-order valence-electron chi connectivity index (χ0n) is 18.5. The van der Waals surface area contributed by atoms with Gasteiger partial charge in [0.15, 0.2) is 0 Å². The van der Waals surface area contributed by atoms with Gasteiger partial charge in [0.05, 0.1) is 0 Å². The van der Waals surface area contributed by atoms with Crippen LogP contribution in [0.2, 0.25) is 0 Å². The Morgan fingerprint density at radius 1 is 1.17 bits per heavy atom. The van der Waals surface area contributed by atoms with Gasteiger partial charge in [-0.2, -0.15) is 0 Å². The fourth-order valence-electron chi connectivity index (χ4n) is 5.46. The summed E-state index contributed by atoms with van der Waals surface area (Å²) in [6.07, 6.45) is 7.30. The minimum atomic E-state index is 0. The van der Waals surface area contributed by atoms with Crippen LogP contribution < -0.4 is 10.6 Å². The quantitative estimate of drug-likeness (QED) is 0.681. The molecule has 0 aromatic rings. The lowest BCUT2D eigenvalue weighted by molar-refractivity contribution is -0.137. The average Bonchev–Trinajstić information content (AvgIpc) is 2.72. The molecule has 6 nitrogen and oxygen atoms in total. The Hall–Kier alpha value is -0.850. The number of likely N-dealkylation sites (tertiary alicyclic amines) is 1. The number of carbonyl (C=O) groups is 2. The summed E-state index contributed by atoms with van der Waals surface area (Å²) in [5.74, 6) is 1.13. The Morgan fingerprint density at radius 2 is 1.86 bits per heavy atom. The summed E-state index contributed by atoms with van der Waals surface area (Å²) < 4.78 is 0. The van der Waals surface area contributed by atoms with E-state index in [2.05, 4.69) is 36.3 Å². The molecule has 0 aromatic carbocycles. The Labute approximate surface area is 182 Å². The third kappa shape index (κ3) is 6.08. The van der Waals surface area contributed by atoms with Crippen LogP contribution >= 0.6 is 12.4 Å². The van der Waals surface area contributed by atoms with Gasteiger partial charge in [0.1, 0.15) is 0 Å². The third-order valence-corrected chi connectivity index (χ3v) is 7.28. The Balaban J connectivity index is 0.00000300. The number of fused-ring (bicyclic) bond motifs is 1. The van der Waals surface area contributed by atoms with Crippen molar-refractivity contribution < 1.29 is 9.59 Å². The van der Waals surface area contributed by atoms with Crippen LogP contribution in [-0.4, -0.2) is 72.5 Å².